The van der Waals surface area contributed by atoms with Crippen molar-refractivity contribution in [1.82, 2.24) is 0 Å². The molecule has 0 saturated heterocycles. The molecule has 4 atom stereocenters. The monoisotopic (exact) mass is 430 g/mol. The van der Waals surface area contributed by atoms with Gasteiger partial charge in [-0.05, 0) is 30.5 Å². The van der Waals surface area contributed by atoms with Gasteiger partial charge in [0.25, 0.3) is 0 Å². The zero-order valence-electron chi connectivity index (χ0n) is 20.5. The minimum absolute atomic E-state index is 0.127. The highest BCUT2D eigenvalue weighted by Gasteiger charge is 2.46. The second-order valence-corrected chi connectivity index (χ2v) is 14.3. The summed E-state index contributed by atoms with van der Waals surface area (Å²) in [6.45, 7) is 21.0. The summed E-state index contributed by atoms with van der Waals surface area (Å²) >= 11 is 0. The molecule has 0 radical (unpaired) electrons. The Bertz CT molecular complexity index is 462. The Kier molecular flexibility index (Phi) is 14.3. The fraction of sp³-hybridized carbons (Fsp3) is 0.913. The lowest BCUT2D eigenvalue weighted by atomic mass is 9.90. The van der Waals surface area contributed by atoms with Crippen molar-refractivity contribution in [3.63, 3.8) is 0 Å². The minimum atomic E-state index is -2.02. The largest absolute Gasteiger partial charge is 0.413 e. The van der Waals surface area contributed by atoms with E-state index in [0.29, 0.717) is 36.4 Å². The average molecular weight is 431 g/mol. The molecule has 0 aliphatic rings. The summed E-state index contributed by atoms with van der Waals surface area (Å²) in [5.74, 6) is 5.70. The van der Waals surface area contributed by atoms with E-state index in [1.807, 2.05) is 13.8 Å². The van der Waals surface area contributed by atoms with Crippen LogP contribution in [0.5, 0.6) is 0 Å². The van der Waals surface area contributed by atoms with E-state index < -0.39 is 14.4 Å². The van der Waals surface area contributed by atoms with Gasteiger partial charge in [-0.25, -0.2) is 0 Å². The highest BCUT2D eigenvalue weighted by Crippen LogP contribution is 2.42. The fourth-order valence-corrected chi connectivity index (χ4v) is 9.86. The van der Waals surface area contributed by atoms with Gasteiger partial charge in [0.05, 0.1) is 32.0 Å². The van der Waals surface area contributed by atoms with Crippen LogP contribution in [0.25, 0.3) is 0 Å². The highest BCUT2D eigenvalue weighted by atomic mass is 28.4. The molecule has 0 aliphatic carbocycles. The third-order valence-electron chi connectivity index (χ3n) is 6.01. The molecule has 0 aliphatic heterocycles. The summed E-state index contributed by atoms with van der Waals surface area (Å²) in [5.41, 5.74) is 1.48. The van der Waals surface area contributed by atoms with Crippen molar-refractivity contribution < 1.29 is 23.7 Å². The van der Waals surface area contributed by atoms with E-state index in [2.05, 4.69) is 53.4 Å². The maximum absolute atomic E-state index is 10.8. The van der Waals surface area contributed by atoms with Crippen molar-refractivity contribution in [3.8, 4) is 11.8 Å². The molecule has 0 aromatic carbocycles. The molecular formula is C23H46O5Si. The van der Waals surface area contributed by atoms with Gasteiger partial charge < -0.3 is 23.7 Å². The van der Waals surface area contributed by atoms with E-state index in [4.69, 9.17) is 18.6 Å². The smallest absolute Gasteiger partial charge is 0.200 e. The van der Waals surface area contributed by atoms with Gasteiger partial charge in [-0.2, -0.15) is 0 Å². The van der Waals surface area contributed by atoms with Crippen molar-refractivity contribution in [2.45, 2.75) is 91.1 Å². The molecule has 0 saturated carbocycles. The maximum Gasteiger partial charge on any atom is 0.200 e. The summed E-state index contributed by atoms with van der Waals surface area (Å²) in [5, 5.41) is 10.8. The molecule has 0 spiro atoms. The zero-order chi connectivity index (χ0) is 22.6. The minimum Gasteiger partial charge on any atom is -0.413 e. The van der Waals surface area contributed by atoms with Crippen LogP contribution in [0, 0.1) is 23.7 Å². The molecule has 0 fully saturated rings. The first-order chi connectivity index (χ1) is 13.6. The number of aliphatic hydroxyl groups excluding tert-OH is 1. The fourth-order valence-electron chi connectivity index (χ4n) is 4.40. The lowest BCUT2D eigenvalue weighted by Crippen LogP contribution is -2.50. The van der Waals surface area contributed by atoms with Crippen LogP contribution < -0.4 is 0 Å². The van der Waals surface area contributed by atoms with Crippen LogP contribution >= 0.6 is 0 Å². The van der Waals surface area contributed by atoms with E-state index >= 15 is 0 Å². The van der Waals surface area contributed by atoms with E-state index in [0.717, 1.165) is 0 Å². The predicted octanol–water partition coefficient (Wildman–Crippen LogP) is 4.84. The second kappa shape index (κ2) is 14.6. The number of methoxy groups -OCH3 is 1. The van der Waals surface area contributed by atoms with Crippen molar-refractivity contribution >= 4 is 8.32 Å². The zero-order valence-corrected chi connectivity index (χ0v) is 21.5. The molecule has 5 nitrogen and oxygen atoms in total. The van der Waals surface area contributed by atoms with Gasteiger partial charge in [0.1, 0.15) is 6.79 Å². The third-order valence-corrected chi connectivity index (χ3v) is 12.1. The Morgan fingerprint density at radius 2 is 1.45 bits per heavy atom. The molecule has 0 aromatic heterocycles. The maximum atomic E-state index is 10.8. The van der Waals surface area contributed by atoms with Crippen molar-refractivity contribution in [1.29, 1.82) is 0 Å². The number of aliphatic hydroxyl groups is 1. The van der Waals surface area contributed by atoms with E-state index in [1.54, 1.807) is 14.0 Å². The van der Waals surface area contributed by atoms with Gasteiger partial charge in [0, 0.05) is 18.9 Å². The van der Waals surface area contributed by atoms with E-state index in [9.17, 15) is 5.11 Å². The summed E-state index contributed by atoms with van der Waals surface area (Å²) < 4.78 is 23.3. The summed E-state index contributed by atoms with van der Waals surface area (Å²) in [7, 11) is -0.382. The van der Waals surface area contributed by atoms with Crippen molar-refractivity contribution in [2.75, 3.05) is 33.7 Å². The molecule has 0 bridgehead atoms. The SMILES string of the molecule is CC#C[C@H](C)[C@@H](O)[C@@H](C)[C@H](CO[Si](C(C)C)(C(C)C)C(C)C)OCOCCOC. The van der Waals surface area contributed by atoms with Crippen LogP contribution in [0.2, 0.25) is 16.6 Å². The lowest BCUT2D eigenvalue weighted by Gasteiger charge is -2.43. The second-order valence-electron chi connectivity index (χ2n) is 8.89. The summed E-state index contributed by atoms with van der Waals surface area (Å²) in [6.07, 6.45) is -0.861. The Labute approximate surface area is 181 Å². The lowest BCUT2D eigenvalue weighted by molar-refractivity contribution is -0.137. The third kappa shape index (κ3) is 8.68. The summed E-state index contributed by atoms with van der Waals surface area (Å²) in [6, 6.07) is 0. The molecule has 0 rings (SSSR count). The van der Waals surface area contributed by atoms with Crippen LogP contribution in [0.4, 0.5) is 0 Å². The highest BCUT2D eigenvalue weighted by molar-refractivity contribution is 6.77. The molecule has 0 aromatic rings. The Morgan fingerprint density at radius 1 is 0.897 bits per heavy atom. The number of hydrogen-bond donors (Lipinski definition) is 1. The molecule has 1 N–H and O–H groups in total. The van der Waals surface area contributed by atoms with Crippen LogP contribution in [0.15, 0.2) is 0 Å². The van der Waals surface area contributed by atoms with Gasteiger partial charge >= 0.3 is 0 Å². The van der Waals surface area contributed by atoms with Gasteiger partial charge in [-0.3, -0.25) is 0 Å². The summed E-state index contributed by atoms with van der Waals surface area (Å²) in [4.78, 5) is 0. The Morgan fingerprint density at radius 3 is 1.90 bits per heavy atom. The van der Waals surface area contributed by atoms with Crippen LogP contribution in [-0.2, 0) is 18.6 Å². The molecule has 29 heavy (non-hydrogen) atoms. The average Bonchev–Trinajstić information content (AvgIpc) is 2.64. The molecule has 0 amide bonds. The molecule has 0 unspecified atom stereocenters. The van der Waals surface area contributed by atoms with Gasteiger partial charge in [0.15, 0.2) is 8.32 Å². The molecule has 0 heterocycles. The van der Waals surface area contributed by atoms with E-state index in [1.165, 1.54) is 0 Å². The Balaban J connectivity index is 5.37. The topological polar surface area (TPSA) is 57.2 Å². The standard InChI is InChI=1S/C23H46O5Si/c1-11-12-20(8)23(24)21(9)22(27-16-26-14-13-25-10)15-28-29(17(2)3,18(4)5)19(6)7/h17-24H,13-16H2,1-10H3/t20-,21-,22-,23+/m0/s1. The quantitative estimate of drug-likeness (QED) is 0.174. The van der Waals surface area contributed by atoms with Crippen molar-refractivity contribution in [2.24, 2.45) is 11.8 Å². The Hall–Kier alpha value is -0.423. The van der Waals surface area contributed by atoms with Gasteiger partial charge in [0.2, 0.25) is 0 Å². The van der Waals surface area contributed by atoms with Crippen LogP contribution in [0.3, 0.4) is 0 Å². The normalized spacial score (nSPS) is 16.6. The molecule has 172 valence electrons. The number of ether oxygens (including phenoxy) is 3. The first-order valence-corrected chi connectivity index (χ1v) is 13.1. The number of hydrogen-bond acceptors (Lipinski definition) is 5. The van der Waals surface area contributed by atoms with Crippen LogP contribution in [-0.4, -0.2) is 59.4 Å². The first kappa shape index (κ1) is 28.6. The predicted molar refractivity (Wildman–Crippen MR) is 122 cm³/mol. The van der Waals surface area contributed by atoms with Gasteiger partial charge in [-0.15, -0.1) is 5.92 Å². The van der Waals surface area contributed by atoms with Crippen molar-refractivity contribution in [3.05, 3.63) is 0 Å². The first-order valence-electron chi connectivity index (χ1n) is 11.0. The molecular weight excluding hydrogens is 384 g/mol. The van der Waals surface area contributed by atoms with Crippen LogP contribution in [0.1, 0.15) is 62.3 Å². The number of rotatable bonds is 15. The van der Waals surface area contributed by atoms with Gasteiger partial charge in [-0.1, -0.05) is 54.4 Å². The van der Waals surface area contributed by atoms with E-state index in [-0.39, 0.29) is 24.7 Å². The molecule has 6 heteroatoms.